The molecule has 4 aromatic heterocycles. The van der Waals surface area contributed by atoms with Crippen LogP contribution >= 0.6 is 0 Å². The Morgan fingerprint density at radius 1 is 1.00 bits per heavy atom. The predicted octanol–water partition coefficient (Wildman–Crippen LogP) is 5.19. The normalized spacial score (nSPS) is 11.6. The summed E-state index contributed by atoms with van der Waals surface area (Å²) >= 11 is 0. The summed E-state index contributed by atoms with van der Waals surface area (Å²) in [5.74, 6) is 1.64. The topological polar surface area (TPSA) is 116 Å². The van der Waals surface area contributed by atoms with Crippen LogP contribution in [0.3, 0.4) is 0 Å². The van der Waals surface area contributed by atoms with E-state index in [1.165, 1.54) is 0 Å². The SMILES string of the molecule is COc1cc2c(cc1-c1c(C)noc1C)[nH]c1nc(N)nc(-c3ccnc4ccccc34)c12. The highest BCUT2D eigenvalue weighted by Crippen LogP contribution is 2.42. The van der Waals surface area contributed by atoms with Gasteiger partial charge in [-0.15, -0.1) is 0 Å². The molecule has 0 aliphatic carbocycles. The Kier molecular flexibility index (Phi) is 4.10. The average Bonchev–Trinajstić information content (AvgIpc) is 3.35. The number of rotatable bonds is 3. The Morgan fingerprint density at radius 2 is 1.85 bits per heavy atom. The van der Waals surface area contributed by atoms with Gasteiger partial charge in [0.15, 0.2) is 0 Å². The van der Waals surface area contributed by atoms with Crippen molar-refractivity contribution in [3.63, 3.8) is 0 Å². The molecular formula is C25H20N6O2. The zero-order chi connectivity index (χ0) is 22.7. The van der Waals surface area contributed by atoms with E-state index < -0.39 is 0 Å². The second-order valence-electron chi connectivity index (χ2n) is 7.95. The first kappa shape index (κ1) is 19.2. The molecule has 0 saturated heterocycles. The molecule has 162 valence electrons. The monoisotopic (exact) mass is 436 g/mol. The molecule has 3 N–H and O–H groups in total. The minimum atomic E-state index is 0.197. The van der Waals surface area contributed by atoms with Crippen LogP contribution < -0.4 is 10.5 Å². The van der Waals surface area contributed by atoms with Gasteiger partial charge in [-0.1, -0.05) is 23.4 Å². The fraction of sp³-hybridized carbons (Fsp3) is 0.120. The highest BCUT2D eigenvalue weighted by molar-refractivity contribution is 6.15. The van der Waals surface area contributed by atoms with Crippen LogP contribution in [0.25, 0.3) is 55.2 Å². The van der Waals surface area contributed by atoms with Gasteiger partial charge in [-0.2, -0.15) is 4.98 Å². The summed E-state index contributed by atoms with van der Waals surface area (Å²) in [6.45, 7) is 3.81. The quantitative estimate of drug-likeness (QED) is 0.392. The summed E-state index contributed by atoms with van der Waals surface area (Å²) in [6, 6.07) is 14.0. The van der Waals surface area contributed by atoms with Gasteiger partial charge in [-0.3, -0.25) is 4.98 Å². The Hall–Kier alpha value is -4.46. The highest BCUT2D eigenvalue weighted by atomic mass is 16.5. The minimum Gasteiger partial charge on any atom is -0.496 e. The number of para-hydroxylation sites is 1. The largest absolute Gasteiger partial charge is 0.496 e. The van der Waals surface area contributed by atoms with Crippen LogP contribution in [0.1, 0.15) is 11.5 Å². The molecule has 0 fully saturated rings. The van der Waals surface area contributed by atoms with Gasteiger partial charge in [0.05, 0.1) is 35.0 Å². The summed E-state index contributed by atoms with van der Waals surface area (Å²) in [6.07, 6.45) is 1.78. The molecular weight excluding hydrogens is 416 g/mol. The lowest BCUT2D eigenvalue weighted by Crippen LogP contribution is -1.98. The second kappa shape index (κ2) is 7.03. The van der Waals surface area contributed by atoms with Crippen LogP contribution in [-0.2, 0) is 0 Å². The Labute approximate surface area is 188 Å². The summed E-state index contributed by atoms with van der Waals surface area (Å²) < 4.78 is 11.2. The van der Waals surface area contributed by atoms with Gasteiger partial charge >= 0.3 is 0 Å². The lowest BCUT2D eigenvalue weighted by Gasteiger charge is -2.10. The first-order valence-corrected chi connectivity index (χ1v) is 10.5. The Morgan fingerprint density at radius 3 is 2.64 bits per heavy atom. The number of hydrogen-bond acceptors (Lipinski definition) is 7. The second-order valence-corrected chi connectivity index (χ2v) is 7.95. The van der Waals surface area contributed by atoms with Crippen molar-refractivity contribution in [3.05, 3.63) is 60.1 Å². The summed E-state index contributed by atoms with van der Waals surface area (Å²) in [7, 11) is 1.66. The standard InChI is InChI=1S/C25H20N6O2/c1-12-21(13(2)33-31-12)17-10-19-16(11-20(17)32-3)22-23(29-25(26)30-24(22)28-19)15-8-9-27-18-7-5-4-6-14(15)18/h4-11H,1-3H3,(H3,26,28,29,30). The van der Waals surface area contributed by atoms with E-state index in [0.717, 1.165) is 61.0 Å². The molecule has 0 radical (unpaired) electrons. The predicted molar refractivity (Wildman–Crippen MR) is 128 cm³/mol. The van der Waals surface area contributed by atoms with E-state index in [0.29, 0.717) is 11.4 Å². The number of aryl methyl sites for hydroxylation is 2. The third-order valence-corrected chi connectivity index (χ3v) is 6.00. The number of nitrogens with zero attached hydrogens (tertiary/aromatic N) is 4. The minimum absolute atomic E-state index is 0.197. The number of fused-ring (bicyclic) bond motifs is 4. The zero-order valence-corrected chi connectivity index (χ0v) is 18.3. The molecule has 0 aliphatic rings. The molecule has 0 saturated carbocycles. The van der Waals surface area contributed by atoms with Crippen LogP contribution in [0, 0.1) is 13.8 Å². The number of nitrogens with one attached hydrogen (secondary N) is 1. The molecule has 6 rings (SSSR count). The third-order valence-electron chi connectivity index (χ3n) is 6.00. The first-order chi connectivity index (χ1) is 16.0. The van der Waals surface area contributed by atoms with E-state index in [-0.39, 0.29) is 5.95 Å². The van der Waals surface area contributed by atoms with Gasteiger partial charge < -0.3 is 20.0 Å². The van der Waals surface area contributed by atoms with Gasteiger partial charge in [0.2, 0.25) is 5.95 Å². The molecule has 0 unspecified atom stereocenters. The molecule has 4 heterocycles. The third kappa shape index (κ3) is 2.84. The summed E-state index contributed by atoms with van der Waals surface area (Å²) in [5, 5.41) is 6.91. The maximum Gasteiger partial charge on any atom is 0.222 e. The molecule has 0 atom stereocenters. The molecule has 0 aliphatic heterocycles. The van der Waals surface area contributed by atoms with Crippen LogP contribution in [0.2, 0.25) is 0 Å². The van der Waals surface area contributed by atoms with E-state index in [4.69, 9.17) is 15.0 Å². The van der Waals surface area contributed by atoms with Crippen molar-refractivity contribution in [3.8, 4) is 28.1 Å². The van der Waals surface area contributed by atoms with E-state index >= 15 is 0 Å². The van der Waals surface area contributed by atoms with Crippen molar-refractivity contribution in [1.82, 2.24) is 25.1 Å². The molecule has 8 nitrogen and oxygen atoms in total. The van der Waals surface area contributed by atoms with Crippen molar-refractivity contribution in [2.45, 2.75) is 13.8 Å². The van der Waals surface area contributed by atoms with Gasteiger partial charge in [0.1, 0.15) is 17.2 Å². The number of H-pyrrole nitrogens is 1. The van der Waals surface area contributed by atoms with Gasteiger partial charge in [0, 0.05) is 33.6 Å². The number of hydrogen-bond donors (Lipinski definition) is 2. The highest BCUT2D eigenvalue weighted by Gasteiger charge is 2.21. The Balaban J connectivity index is 1.71. The van der Waals surface area contributed by atoms with E-state index in [9.17, 15) is 0 Å². The van der Waals surface area contributed by atoms with Gasteiger partial charge in [-0.25, -0.2) is 4.98 Å². The molecule has 8 heteroatoms. The molecule has 0 bridgehead atoms. The van der Waals surface area contributed by atoms with Crippen molar-refractivity contribution < 1.29 is 9.26 Å². The van der Waals surface area contributed by atoms with Gasteiger partial charge in [-0.05, 0) is 38.1 Å². The lowest BCUT2D eigenvalue weighted by atomic mass is 9.99. The zero-order valence-electron chi connectivity index (χ0n) is 18.3. The Bertz CT molecular complexity index is 1670. The number of ether oxygens (including phenoxy) is 1. The van der Waals surface area contributed by atoms with Crippen LogP contribution in [-0.4, -0.2) is 32.2 Å². The number of methoxy groups -OCH3 is 1. The van der Waals surface area contributed by atoms with Crippen molar-refractivity contribution in [1.29, 1.82) is 0 Å². The number of pyridine rings is 1. The maximum absolute atomic E-state index is 6.13. The fourth-order valence-corrected chi connectivity index (χ4v) is 4.57. The van der Waals surface area contributed by atoms with Gasteiger partial charge in [0.25, 0.3) is 0 Å². The number of benzene rings is 2. The molecule has 0 spiro atoms. The van der Waals surface area contributed by atoms with Crippen molar-refractivity contribution in [2.24, 2.45) is 0 Å². The molecule has 0 amide bonds. The van der Waals surface area contributed by atoms with Crippen molar-refractivity contribution in [2.75, 3.05) is 12.8 Å². The molecule has 2 aromatic carbocycles. The summed E-state index contributed by atoms with van der Waals surface area (Å²) in [4.78, 5) is 17.0. The number of nitrogen functional groups attached to an aromatic ring is 1. The maximum atomic E-state index is 6.13. The first-order valence-electron chi connectivity index (χ1n) is 10.5. The van der Waals surface area contributed by atoms with Crippen LogP contribution in [0.4, 0.5) is 5.95 Å². The van der Waals surface area contributed by atoms with Crippen LogP contribution in [0.5, 0.6) is 5.75 Å². The lowest BCUT2D eigenvalue weighted by molar-refractivity contribution is 0.393. The van der Waals surface area contributed by atoms with E-state index in [2.05, 4.69) is 25.1 Å². The fourth-order valence-electron chi connectivity index (χ4n) is 4.57. The smallest absolute Gasteiger partial charge is 0.222 e. The number of aromatic amines is 1. The van der Waals surface area contributed by atoms with Crippen LogP contribution in [0.15, 0.2) is 53.2 Å². The number of nitrogens with two attached hydrogens (primary N) is 1. The van der Waals surface area contributed by atoms with Crippen molar-refractivity contribution >= 4 is 38.8 Å². The number of anilines is 1. The van der Waals surface area contributed by atoms with E-state index in [1.807, 2.05) is 56.3 Å². The average molecular weight is 436 g/mol. The summed E-state index contributed by atoms with van der Waals surface area (Å²) in [5.41, 5.74) is 12.9. The number of aromatic nitrogens is 5. The molecule has 33 heavy (non-hydrogen) atoms. The molecule has 6 aromatic rings. The van der Waals surface area contributed by atoms with E-state index in [1.54, 1.807) is 13.3 Å².